The van der Waals surface area contributed by atoms with Crippen LogP contribution in [0, 0.1) is 5.41 Å². The minimum Gasteiger partial charge on any atom is -0.497 e. The summed E-state index contributed by atoms with van der Waals surface area (Å²) in [6.07, 6.45) is 2.25. The van der Waals surface area contributed by atoms with E-state index in [-0.39, 0.29) is 18.0 Å². The lowest BCUT2D eigenvalue weighted by Gasteiger charge is -2.41. The van der Waals surface area contributed by atoms with Crippen molar-refractivity contribution in [2.75, 3.05) is 12.0 Å². The molecule has 0 aliphatic carbocycles. The van der Waals surface area contributed by atoms with E-state index < -0.39 is 5.41 Å². The van der Waals surface area contributed by atoms with E-state index in [0.717, 1.165) is 16.9 Å². The van der Waals surface area contributed by atoms with Crippen molar-refractivity contribution in [1.82, 2.24) is 14.8 Å². The molecule has 2 heterocycles. The number of carbonyl (C=O) groups is 1. The number of benzene rings is 2. The highest BCUT2D eigenvalue weighted by molar-refractivity contribution is 5.96. The molecule has 29 heavy (non-hydrogen) atoms. The fourth-order valence-corrected chi connectivity index (χ4v) is 3.85. The minimum absolute atomic E-state index is 0.0207. The molecule has 150 valence electrons. The number of aromatic nitrogens is 3. The molecule has 0 saturated heterocycles. The molecule has 2 atom stereocenters. The van der Waals surface area contributed by atoms with Gasteiger partial charge < -0.3 is 4.74 Å². The molecule has 2 unspecified atom stereocenters. The predicted molar refractivity (Wildman–Crippen MR) is 112 cm³/mol. The smallest absolute Gasteiger partial charge is 0.235 e. The molecule has 0 spiro atoms. The largest absolute Gasteiger partial charge is 0.497 e. The number of hydrogen-bond donors (Lipinski definition) is 0. The fraction of sp³-hybridized carbons (Fsp3) is 0.348. The standard InChI is InChI=1S/C23H26N4O2/c1-23(2,3)21(28)26-19(16-8-6-5-7-9-16)14-20(27-22(26)24-15-25-27)17-10-12-18(29-4)13-11-17/h5-13,15,19-20H,14H2,1-4H3. The van der Waals surface area contributed by atoms with E-state index in [1.54, 1.807) is 7.11 Å². The van der Waals surface area contributed by atoms with Crippen LogP contribution in [0.4, 0.5) is 5.95 Å². The molecule has 0 saturated carbocycles. The highest BCUT2D eigenvalue weighted by Gasteiger charge is 2.42. The van der Waals surface area contributed by atoms with Gasteiger partial charge in [0.15, 0.2) is 0 Å². The fourth-order valence-electron chi connectivity index (χ4n) is 3.85. The summed E-state index contributed by atoms with van der Waals surface area (Å²) in [7, 11) is 1.66. The molecule has 6 nitrogen and oxygen atoms in total. The van der Waals surface area contributed by atoms with Gasteiger partial charge in [-0.3, -0.25) is 9.69 Å². The normalized spacial score (nSPS) is 19.0. The van der Waals surface area contributed by atoms with Gasteiger partial charge in [0.1, 0.15) is 12.1 Å². The monoisotopic (exact) mass is 390 g/mol. The molecule has 3 aromatic rings. The summed E-state index contributed by atoms with van der Waals surface area (Å²) < 4.78 is 7.17. The lowest BCUT2D eigenvalue weighted by atomic mass is 9.88. The Morgan fingerprint density at radius 2 is 1.66 bits per heavy atom. The van der Waals surface area contributed by atoms with Crippen LogP contribution < -0.4 is 9.64 Å². The predicted octanol–water partition coefficient (Wildman–Crippen LogP) is 4.40. The third-order valence-corrected chi connectivity index (χ3v) is 5.37. The Bertz CT molecular complexity index is 990. The van der Waals surface area contributed by atoms with Gasteiger partial charge in [-0.1, -0.05) is 63.2 Å². The first kappa shape index (κ1) is 19.2. The van der Waals surface area contributed by atoms with E-state index in [4.69, 9.17) is 4.74 Å². The van der Waals surface area contributed by atoms with Crippen molar-refractivity contribution in [2.45, 2.75) is 39.3 Å². The van der Waals surface area contributed by atoms with Crippen LogP contribution in [0.1, 0.15) is 50.4 Å². The third kappa shape index (κ3) is 3.50. The van der Waals surface area contributed by atoms with Crippen LogP contribution in [0.5, 0.6) is 5.75 Å². The Balaban J connectivity index is 1.83. The number of anilines is 1. The molecular formula is C23H26N4O2. The Hall–Kier alpha value is -3.15. The van der Waals surface area contributed by atoms with Gasteiger partial charge in [0.05, 0.1) is 19.2 Å². The number of methoxy groups -OCH3 is 1. The summed E-state index contributed by atoms with van der Waals surface area (Å²) in [6, 6.07) is 18.0. The zero-order valence-corrected chi connectivity index (χ0v) is 17.2. The number of hydrogen-bond acceptors (Lipinski definition) is 4. The first-order valence-corrected chi connectivity index (χ1v) is 9.82. The first-order valence-electron chi connectivity index (χ1n) is 9.82. The molecule has 1 aliphatic heterocycles. The summed E-state index contributed by atoms with van der Waals surface area (Å²) >= 11 is 0. The van der Waals surface area contributed by atoms with Crippen molar-refractivity contribution >= 4 is 11.9 Å². The van der Waals surface area contributed by atoms with Crippen molar-refractivity contribution in [1.29, 1.82) is 0 Å². The molecule has 1 amide bonds. The van der Waals surface area contributed by atoms with Crippen LogP contribution in [-0.4, -0.2) is 27.8 Å². The Morgan fingerprint density at radius 3 is 2.28 bits per heavy atom. The lowest BCUT2D eigenvalue weighted by Crippen LogP contribution is -2.47. The molecular weight excluding hydrogens is 364 g/mol. The second kappa shape index (κ2) is 7.35. The van der Waals surface area contributed by atoms with Gasteiger partial charge in [-0.15, -0.1) is 0 Å². The summed E-state index contributed by atoms with van der Waals surface area (Å²) in [4.78, 5) is 19.7. The van der Waals surface area contributed by atoms with E-state index in [2.05, 4.69) is 34.3 Å². The van der Waals surface area contributed by atoms with Crippen molar-refractivity contribution in [2.24, 2.45) is 5.41 Å². The van der Waals surface area contributed by atoms with Crippen LogP contribution in [0.2, 0.25) is 0 Å². The molecule has 1 aromatic heterocycles. The maximum Gasteiger partial charge on any atom is 0.235 e. The van der Waals surface area contributed by atoms with E-state index in [1.165, 1.54) is 6.33 Å². The third-order valence-electron chi connectivity index (χ3n) is 5.37. The summed E-state index contributed by atoms with van der Waals surface area (Å²) in [6.45, 7) is 5.81. The maximum atomic E-state index is 13.4. The highest BCUT2D eigenvalue weighted by Crippen LogP contribution is 2.43. The second-order valence-corrected chi connectivity index (χ2v) is 8.38. The summed E-state index contributed by atoms with van der Waals surface area (Å²) in [5.41, 5.74) is 1.68. The summed E-state index contributed by atoms with van der Waals surface area (Å²) in [5.74, 6) is 1.44. The SMILES string of the molecule is COc1ccc(C2CC(c3ccccc3)N(C(=O)C(C)(C)C)c3ncnn32)cc1. The quantitative estimate of drug-likeness (QED) is 0.665. The van der Waals surface area contributed by atoms with Gasteiger partial charge in [-0.05, 0) is 29.7 Å². The van der Waals surface area contributed by atoms with E-state index in [0.29, 0.717) is 12.4 Å². The van der Waals surface area contributed by atoms with Gasteiger partial charge in [-0.25, -0.2) is 4.68 Å². The van der Waals surface area contributed by atoms with Gasteiger partial charge in [-0.2, -0.15) is 10.1 Å². The lowest BCUT2D eigenvalue weighted by molar-refractivity contribution is -0.126. The van der Waals surface area contributed by atoms with Crippen LogP contribution in [-0.2, 0) is 4.79 Å². The number of rotatable bonds is 3. The summed E-state index contributed by atoms with van der Waals surface area (Å²) in [5, 5.41) is 4.48. The minimum atomic E-state index is -0.531. The maximum absolute atomic E-state index is 13.4. The second-order valence-electron chi connectivity index (χ2n) is 8.38. The van der Waals surface area contributed by atoms with Crippen molar-refractivity contribution < 1.29 is 9.53 Å². The molecule has 0 N–H and O–H groups in total. The molecule has 1 aliphatic rings. The average molecular weight is 390 g/mol. The Morgan fingerprint density at radius 1 is 1.00 bits per heavy atom. The highest BCUT2D eigenvalue weighted by atomic mass is 16.5. The Kier molecular flexibility index (Phi) is 4.86. The molecule has 4 rings (SSSR count). The van der Waals surface area contributed by atoms with Crippen LogP contribution >= 0.6 is 0 Å². The van der Waals surface area contributed by atoms with E-state index in [9.17, 15) is 4.79 Å². The zero-order valence-electron chi connectivity index (χ0n) is 17.2. The van der Waals surface area contributed by atoms with E-state index in [1.807, 2.05) is 60.7 Å². The van der Waals surface area contributed by atoms with Crippen molar-refractivity contribution in [3.63, 3.8) is 0 Å². The molecule has 0 fully saturated rings. The number of amides is 1. The van der Waals surface area contributed by atoms with Crippen LogP contribution in [0.15, 0.2) is 60.9 Å². The first-order chi connectivity index (χ1) is 13.9. The van der Waals surface area contributed by atoms with E-state index >= 15 is 0 Å². The van der Waals surface area contributed by atoms with Crippen LogP contribution in [0.25, 0.3) is 0 Å². The number of ether oxygens (including phenoxy) is 1. The molecule has 0 radical (unpaired) electrons. The average Bonchev–Trinajstić information content (AvgIpc) is 3.22. The van der Waals surface area contributed by atoms with Crippen molar-refractivity contribution in [3.8, 4) is 5.75 Å². The van der Waals surface area contributed by atoms with Crippen LogP contribution in [0.3, 0.4) is 0 Å². The molecule has 2 aromatic carbocycles. The topological polar surface area (TPSA) is 60.2 Å². The zero-order chi connectivity index (χ0) is 20.6. The van der Waals surface area contributed by atoms with Gasteiger partial charge in [0.2, 0.25) is 11.9 Å². The van der Waals surface area contributed by atoms with Gasteiger partial charge >= 0.3 is 0 Å². The van der Waals surface area contributed by atoms with Crippen molar-refractivity contribution in [3.05, 3.63) is 72.1 Å². The number of fused-ring (bicyclic) bond motifs is 1. The van der Waals surface area contributed by atoms with Gasteiger partial charge in [0, 0.05) is 5.41 Å². The number of nitrogens with zero attached hydrogens (tertiary/aromatic N) is 4. The molecule has 0 bridgehead atoms. The molecule has 6 heteroatoms. The Labute approximate surface area is 171 Å². The number of carbonyl (C=O) groups excluding carboxylic acids is 1. The van der Waals surface area contributed by atoms with Gasteiger partial charge in [0.25, 0.3) is 0 Å².